The van der Waals surface area contributed by atoms with Crippen molar-refractivity contribution in [2.75, 3.05) is 0 Å². The number of carbonyl (C=O) groups is 1. The highest BCUT2D eigenvalue weighted by atomic mass is 16.4. The molecule has 1 N–H and O–H groups in total. The molecule has 2 unspecified atom stereocenters. The lowest BCUT2D eigenvalue weighted by Gasteiger charge is -2.37. The standard InChI is InChI=1S/C9H13N3O2/c1-6-5-11-8(3-4-10-11)7(2)12(6)9(13)14/h3-4,6-7H,5H2,1-2H3,(H,13,14). The monoisotopic (exact) mass is 195 g/mol. The highest BCUT2D eigenvalue weighted by Gasteiger charge is 2.32. The molecule has 0 saturated carbocycles. The van der Waals surface area contributed by atoms with Gasteiger partial charge in [0.25, 0.3) is 0 Å². The van der Waals surface area contributed by atoms with Crippen molar-refractivity contribution in [3.05, 3.63) is 18.0 Å². The van der Waals surface area contributed by atoms with E-state index in [0.29, 0.717) is 6.54 Å². The van der Waals surface area contributed by atoms with Crippen LogP contribution in [-0.4, -0.2) is 31.9 Å². The molecular weight excluding hydrogens is 182 g/mol. The number of amides is 1. The van der Waals surface area contributed by atoms with Crippen molar-refractivity contribution in [1.82, 2.24) is 14.7 Å². The normalized spacial score (nSPS) is 26.0. The van der Waals surface area contributed by atoms with E-state index in [9.17, 15) is 4.79 Å². The number of nitrogens with zero attached hydrogens (tertiary/aromatic N) is 3. The summed E-state index contributed by atoms with van der Waals surface area (Å²) in [6, 6.07) is 1.74. The Labute approximate surface area is 81.9 Å². The maximum Gasteiger partial charge on any atom is 0.408 e. The molecule has 14 heavy (non-hydrogen) atoms. The van der Waals surface area contributed by atoms with Crippen molar-refractivity contribution in [3.8, 4) is 0 Å². The Balaban J connectivity index is 2.38. The van der Waals surface area contributed by atoms with Crippen LogP contribution < -0.4 is 0 Å². The van der Waals surface area contributed by atoms with Crippen LogP contribution in [0, 0.1) is 0 Å². The quantitative estimate of drug-likeness (QED) is 0.679. The molecule has 5 heteroatoms. The molecular formula is C9H13N3O2. The van der Waals surface area contributed by atoms with E-state index in [1.807, 2.05) is 24.6 Å². The zero-order valence-corrected chi connectivity index (χ0v) is 8.21. The van der Waals surface area contributed by atoms with Crippen molar-refractivity contribution in [1.29, 1.82) is 0 Å². The fourth-order valence-electron chi connectivity index (χ4n) is 2.07. The molecule has 0 spiro atoms. The van der Waals surface area contributed by atoms with E-state index < -0.39 is 6.09 Å². The van der Waals surface area contributed by atoms with Crippen LogP contribution in [0.2, 0.25) is 0 Å². The van der Waals surface area contributed by atoms with E-state index >= 15 is 0 Å². The van der Waals surface area contributed by atoms with Crippen molar-refractivity contribution in [2.45, 2.75) is 32.5 Å². The molecule has 2 rings (SSSR count). The summed E-state index contributed by atoms with van der Waals surface area (Å²) in [6.45, 7) is 4.42. The van der Waals surface area contributed by atoms with Gasteiger partial charge in [-0.15, -0.1) is 0 Å². The molecule has 0 aliphatic carbocycles. The van der Waals surface area contributed by atoms with Crippen LogP contribution >= 0.6 is 0 Å². The van der Waals surface area contributed by atoms with Gasteiger partial charge in [0, 0.05) is 6.20 Å². The minimum Gasteiger partial charge on any atom is -0.465 e. The van der Waals surface area contributed by atoms with Crippen molar-refractivity contribution < 1.29 is 9.90 Å². The Kier molecular flexibility index (Phi) is 1.94. The van der Waals surface area contributed by atoms with E-state index in [0.717, 1.165) is 5.69 Å². The van der Waals surface area contributed by atoms with Gasteiger partial charge < -0.3 is 5.11 Å². The van der Waals surface area contributed by atoms with Crippen molar-refractivity contribution in [3.63, 3.8) is 0 Å². The number of hydrogen-bond acceptors (Lipinski definition) is 2. The fourth-order valence-corrected chi connectivity index (χ4v) is 2.07. The van der Waals surface area contributed by atoms with Gasteiger partial charge in [0.2, 0.25) is 0 Å². The van der Waals surface area contributed by atoms with E-state index in [-0.39, 0.29) is 12.1 Å². The van der Waals surface area contributed by atoms with Gasteiger partial charge in [0.1, 0.15) is 0 Å². The number of rotatable bonds is 0. The third-order valence-corrected chi connectivity index (χ3v) is 2.73. The van der Waals surface area contributed by atoms with Crippen LogP contribution in [0.1, 0.15) is 25.6 Å². The third kappa shape index (κ3) is 1.16. The number of carboxylic acid groups (broad SMARTS) is 1. The van der Waals surface area contributed by atoms with Crippen molar-refractivity contribution in [2.24, 2.45) is 0 Å². The summed E-state index contributed by atoms with van der Waals surface area (Å²) in [5.74, 6) is 0. The van der Waals surface area contributed by atoms with Gasteiger partial charge in [-0.2, -0.15) is 5.10 Å². The van der Waals surface area contributed by atoms with Crippen LogP contribution in [0.3, 0.4) is 0 Å². The van der Waals surface area contributed by atoms with Crippen LogP contribution in [0.5, 0.6) is 0 Å². The maximum atomic E-state index is 11.0. The molecule has 0 radical (unpaired) electrons. The first-order valence-electron chi connectivity index (χ1n) is 4.64. The average Bonchev–Trinajstić information content (AvgIpc) is 2.50. The largest absolute Gasteiger partial charge is 0.465 e. The lowest BCUT2D eigenvalue weighted by Crippen LogP contribution is -2.46. The molecule has 76 valence electrons. The van der Waals surface area contributed by atoms with Crippen molar-refractivity contribution >= 4 is 6.09 Å². The molecule has 2 heterocycles. The van der Waals surface area contributed by atoms with E-state index in [4.69, 9.17) is 5.11 Å². The number of fused-ring (bicyclic) bond motifs is 1. The lowest BCUT2D eigenvalue weighted by molar-refractivity contribution is 0.0835. The molecule has 0 fully saturated rings. The first-order valence-corrected chi connectivity index (χ1v) is 4.64. The minimum absolute atomic E-state index is 0.0186. The maximum absolute atomic E-state index is 11.0. The van der Waals surface area contributed by atoms with Gasteiger partial charge in [-0.3, -0.25) is 9.58 Å². The Morgan fingerprint density at radius 2 is 2.36 bits per heavy atom. The van der Waals surface area contributed by atoms with E-state index in [2.05, 4.69) is 5.10 Å². The average molecular weight is 195 g/mol. The number of aromatic nitrogens is 2. The minimum atomic E-state index is -0.863. The van der Waals surface area contributed by atoms with Crippen LogP contribution in [-0.2, 0) is 6.54 Å². The molecule has 0 bridgehead atoms. The van der Waals surface area contributed by atoms with Crippen LogP contribution in [0.25, 0.3) is 0 Å². The summed E-state index contributed by atoms with van der Waals surface area (Å²) in [7, 11) is 0. The summed E-state index contributed by atoms with van der Waals surface area (Å²) in [5.41, 5.74) is 0.963. The van der Waals surface area contributed by atoms with Crippen LogP contribution in [0.15, 0.2) is 12.3 Å². The molecule has 1 aromatic heterocycles. The predicted molar refractivity (Wildman–Crippen MR) is 50.0 cm³/mol. The fraction of sp³-hybridized carbons (Fsp3) is 0.556. The Bertz CT molecular complexity index is 361. The molecule has 1 aliphatic rings. The second kappa shape index (κ2) is 3.01. The highest BCUT2D eigenvalue weighted by Crippen LogP contribution is 2.27. The van der Waals surface area contributed by atoms with E-state index in [1.54, 1.807) is 6.20 Å². The number of hydrogen-bond donors (Lipinski definition) is 1. The Morgan fingerprint density at radius 1 is 1.64 bits per heavy atom. The van der Waals surface area contributed by atoms with E-state index in [1.165, 1.54) is 4.90 Å². The third-order valence-electron chi connectivity index (χ3n) is 2.73. The first kappa shape index (κ1) is 9.05. The van der Waals surface area contributed by atoms with Gasteiger partial charge in [0.05, 0.1) is 24.3 Å². The zero-order chi connectivity index (χ0) is 10.3. The highest BCUT2D eigenvalue weighted by molar-refractivity contribution is 5.66. The topological polar surface area (TPSA) is 58.4 Å². The lowest BCUT2D eigenvalue weighted by atomic mass is 10.1. The van der Waals surface area contributed by atoms with Gasteiger partial charge in [-0.05, 0) is 19.9 Å². The van der Waals surface area contributed by atoms with Gasteiger partial charge in [-0.25, -0.2) is 4.79 Å². The molecule has 1 aromatic rings. The summed E-state index contributed by atoms with van der Waals surface area (Å²) in [6.07, 6.45) is 0.849. The van der Waals surface area contributed by atoms with Crippen LogP contribution in [0.4, 0.5) is 4.79 Å². The van der Waals surface area contributed by atoms with Gasteiger partial charge in [-0.1, -0.05) is 0 Å². The Hall–Kier alpha value is -1.52. The SMILES string of the molecule is CC1Cn2nccc2C(C)N1C(=O)O. The van der Waals surface area contributed by atoms with Gasteiger partial charge >= 0.3 is 6.09 Å². The molecule has 5 nitrogen and oxygen atoms in total. The van der Waals surface area contributed by atoms with Gasteiger partial charge in [0.15, 0.2) is 0 Å². The molecule has 1 aliphatic heterocycles. The summed E-state index contributed by atoms with van der Waals surface area (Å²) in [5, 5.41) is 13.2. The summed E-state index contributed by atoms with van der Waals surface area (Å²) in [4.78, 5) is 12.5. The molecule has 2 atom stereocenters. The molecule has 0 aromatic carbocycles. The predicted octanol–water partition coefficient (Wildman–Crippen LogP) is 1.33. The Morgan fingerprint density at radius 3 is 3.00 bits per heavy atom. The zero-order valence-electron chi connectivity index (χ0n) is 8.21. The summed E-state index contributed by atoms with van der Waals surface area (Å²) < 4.78 is 1.87. The smallest absolute Gasteiger partial charge is 0.408 e. The first-order chi connectivity index (χ1) is 6.61. The second-order valence-electron chi connectivity index (χ2n) is 3.65. The molecule has 0 saturated heterocycles. The molecule has 1 amide bonds. The summed E-state index contributed by atoms with van der Waals surface area (Å²) >= 11 is 0. The second-order valence-corrected chi connectivity index (χ2v) is 3.65.